The molecule has 0 bridgehead atoms. The third-order valence-corrected chi connectivity index (χ3v) is 6.02. The van der Waals surface area contributed by atoms with Crippen LogP contribution < -0.4 is 0 Å². The van der Waals surface area contributed by atoms with E-state index >= 15 is 0 Å². The lowest BCUT2D eigenvalue weighted by Gasteiger charge is -2.44. The maximum Gasteiger partial charge on any atom is 0.0651 e. The molecule has 1 heterocycles. The molecule has 0 spiro atoms. The van der Waals surface area contributed by atoms with Gasteiger partial charge in [-0.25, -0.2) is 0 Å². The molecule has 2 atom stereocenters. The molecule has 0 radical (unpaired) electrons. The molecule has 0 saturated carbocycles. The van der Waals surface area contributed by atoms with Gasteiger partial charge in [-0.05, 0) is 71.8 Å². The van der Waals surface area contributed by atoms with E-state index in [1.54, 1.807) is 0 Å². The summed E-state index contributed by atoms with van der Waals surface area (Å²) in [5, 5.41) is 2.99. The van der Waals surface area contributed by atoms with Crippen LogP contribution in [0.4, 0.5) is 0 Å². The molecule has 0 saturated heterocycles. The van der Waals surface area contributed by atoms with Gasteiger partial charge in [-0.1, -0.05) is 29.8 Å². The Bertz CT molecular complexity index is 904. The van der Waals surface area contributed by atoms with Crippen LogP contribution in [0.3, 0.4) is 0 Å². The van der Waals surface area contributed by atoms with Crippen molar-refractivity contribution < 1.29 is 0 Å². The molecular formula is C21H27Cl2N3. The van der Waals surface area contributed by atoms with E-state index in [0.29, 0.717) is 0 Å². The molecule has 1 aromatic heterocycles. The number of aromatic amines is 1. The average molecular weight is 392 g/mol. The maximum absolute atomic E-state index is 6.85. The number of halogens is 2. The predicted octanol–water partition coefficient (Wildman–Crippen LogP) is 5.31. The van der Waals surface area contributed by atoms with E-state index in [2.05, 4.69) is 80.2 Å². The minimum atomic E-state index is -0.337. The average Bonchev–Trinajstić information content (AvgIpc) is 2.93. The van der Waals surface area contributed by atoms with Gasteiger partial charge >= 0.3 is 0 Å². The Balaban J connectivity index is 2.34. The van der Waals surface area contributed by atoms with Crippen LogP contribution in [-0.2, 0) is 5.54 Å². The summed E-state index contributed by atoms with van der Waals surface area (Å²) in [4.78, 5) is 8.06. The van der Waals surface area contributed by atoms with Gasteiger partial charge in [-0.2, -0.15) is 0 Å². The van der Waals surface area contributed by atoms with Crippen molar-refractivity contribution in [2.24, 2.45) is 0 Å². The molecule has 3 nitrogen and oxygen atoms in total. The summed E-state index contributed by atoms with van der Waals surface area (Å²) >= 11 is 13.4. The zero-order valence-corrected chi connectivity index (χ0v) is 17.6. The Labute approximate surface area is 165 Å². The quantitative estimate of drug-likeness (QED) is 0.575. The van der Waals surface area contributed by atoms with Crippen LogP contribution in [0.25, 0.3) is 21.8 Å². The van der Waals surface area contributed by atoms with Crippen LogP contribution in [0.15, 0.2) is 36.4 Å². The summed E-state index contributed by atoms with van der Waals surface area (Å²) in [5.41, 5.74) is 3.06. The number of hydrogen-bond donors (Lipinski definition) is 1. The minimum Gasteiger partial charge on any atom is -0.354 e. The Kier molecular flexibility index (Phi) is 5.55. The van der Waals surface area contributed by atoms with Gasteiger partial charge in [0.15, 0.2) is 0 Å². The van der Waals surface area contributed by atoms with Crippen molar-refractivity contribution >= 4 is 45.0 Å². The summed E-state index contributed by atoms with van der Waals surface area (Å²) in [6.07, 6.45) is 0.905. The second-order valence-corrected chi connectivity index (χ2v) is 8.63. The predicted molar refractivity (Wildman–Crippen MR) is 115 cm³/mol. The zero-order chi connectivity index (χ0) is 19.1. The van der Waals surface area contributed by atoms with Crippen molar-refractivity contribution in [3.05, 3.63) is 47.0 Å². The van der Waals surface area contributed by atoms with Crippen molar-refractivity contribution in [1.29, 1.82) is 0 Å². The molecule has 26 heavy (non-hydrogen) atoms. The van der Waals surface area contributed by atoms with Crippen LogP contribution in [0.5, 0.6) is 0 Å². The van der Waals surface area contributed by atoms with Crippen molar-refractivity contribution in [2.75, 3.05) is 34.7 Å². The Morgan fingerprint density at radius 1 is 1.08 bits per heavy atom. The highest BCUT2D eigenvalue weighted by Gasteiger charge is 2.41. The number of benzene rings is 2. The Morgan fingerprint density at radius 2 is 1.77 bits per heavy atom. The van der Waals surface area contributed by atoms with E-state index in [0.717, 1.165) is 40.0 Å². The Morgan fingerprint density at radius 3 is 2.38 bits per heavy atom. The lowest BCUT2D eigenvalue weighted by Crippen LogP contribution is -2.49. The van der Waals surface area contributed by atoms with Crippen molar-refractivity contribution in [2.45, 2.75) is 24.3 Å². The molecule has 1 N–H and O–H groups in total. The van der Waals surface area contributed by atoms with E-state index in [1.807, 2.05) is 6.07 Å². The SMILES string of the molecule is CC(Cl)C(CCN(C)C)(c1cc(Cl)cc2c1[nH]c1ccccc12)N(C)C. The van der Waals surface area contributed by atoms with Gasteiger partial charge in [0.25, 0.3) is 0 Å². The number of hydrogen-bond acceptors (Lipinski definition) is 2. The number of H-pyrrole nitrogens is 1. The molecule has 140 valence electrons. The van der Waals surface area contributed by atoms with Crippen LogP contribution >= 0.6 is 23.2 Å². The number of alkyl halides is 1. The van der Waals surface area contributed by atoms with Crippen molar-refractivity contribution in [1.82, 2.24) is 14.8 Å². The minimum absolute atomic E-state index is 0.0921. The number of aromatic nitrogens is 1. The van der Waals surface area contributed by atoms with Gasteiger partial charge in [0.2, 0.25) is 0 Å². The van der Waals surface area contributed by atoms with Crippen LogP contribution in [0.2, 0.25) is 5.02 Å². The van der Waals surface area contributed by atoms with Gasteiger partial charge in [-0.15, -0.1) is 11.6 Å². The fraction of sp³-hybridized carbons (Fsp3) is 0.429. The second kappa shape index (κ2) is 7.40. The van der Waals surface area contributed by atoms with Gasteiger partial charge in [0, 0.05) is 21.3 Å². The number of nitrogens with zero attached hydrogens (tertiary/aromatic N) is 2. The maximum atomic E-state index is 6.85. The van der Waals surface area contributed by atoms with E-state index < -0.39 is 0 Å². The normalized spacial score (nSPS) is 15.9. The van der Waals surface area contributed by atoms with Crippen LogP contribution in [0, 0.1) is 0 Å². The van der Waals surface area contributed by atoms with Crippen LogP contribution in [-0.4, -0.2) is 54.9 Å². The molecule has 0 aliphatic carbocycles. The van der Waals surface area contributed by atoms with Crippen LogP contribution in [0.1, 0.15) is 18.9 Å². The summed E-state index contributed by atoms with van der Waals surface area (Å²) in [5.74, 6) is 0. The third-order valence-electron chi connectivity index (χ3n) is 5.44. The monoisotopic (exact) mass is 391 g/mol. The molecular weight excluding hydrogens is 365 g/mol. The van der Waals surface area contributed by atoms with E-state index in [-0.39, 0.29) is 10.9 Å². The number of para-hydroxylation sites is 1. The van der Waals surface area contributed by atoms with Crippen molar-refractivity contribution in [3.63, 3.8) is 0 Å². The largest absolute Gasteiger partial charge is 0.354 e. The Hall–Kier alpha value is -1.26. The first-order chi connectivity index (χ1) is 12.3. The van der Waals surface area contributed by atoms with E-state index in [9.17, 15) is 0 Å². The molecule has 2 unspecified atom stereocenters. The van der Waals surface area contributed by atoms with Gasteiger partial charge in [0.1, 0.15) is 0 Å². The molecule has 0 aliphatic heterocycles. The highest BCUT2D eigenvalue weighted by molar-refractivity contribution is 6.32. The third kappa shape index (κ3) is 3.22. The highest BCUT2D eigenvalue weighted by Crippen LogP contribution is 2.43. The van der Waals surface area contributed by atoms with Gasteiger partial charge < -0.3 is 9.88 Å². The highest BCUT2D eigenvalue weighted by atomic mass is 35.5. The fourth-order valence-corrected chi connectivity index (χ4v) is 4.66. The summed E-state index contributed by atoms with van der Waals surface area (Å²) < 4.78 is 0. The molecule has 2 aromatic carbocycles. The first kappa shape index (κ1) is 19.5. The number of rotatable bonds is 6. The van der Waals surface area contributed by atoms with E-state index in [1.165, 1.54) is 5.39 Å². The standard InChI is InChI=1S/C21H27Cl2N3/c1-14(22)21(26(4)5,10-11-25(2)3)18-13-15(23)12-17-16-8-6-7-9-19(16)24-20(17)18/h6-9,12-14,24H,10-11H2,1-5H3. The number of fused-ring (bicyclic) bond motifs is 3. The molecule has 0 fully saturated rings. The zero-order valence-electron chi connectivity index (χ0n) is 16.1. The molecule has 3 aromatic rings. The smallest absolute Gasteiger partial charge is 0.0651 e. The van der Waals surface area contributed by atoms with E-state index in [4.69, 9.17) is 23.2 Å². The summed E-state index contributed by atoms with van der Waals surface area (Å²) in [7, 11) is 8.39. The van der Waals surface area contributed by atoms with Crippen molar-refractivity contribution in [3.8, 4) is 0 Å². The summed E-state index contributed by atoms with van der Waals surface area (Å²) in [6, 6.07) is 12.5. The lowest BCUT2D eigenvalue weighted by molar-refractivity contribution is 0.125. The topological polar surface area (TPSA) is 22.3 Å². The lowest BCUT2D eigenvalue weighted by atomic mass is 9.81. The molecule has 5 heteroatoms. The number of nitrogens with one attached hydrogen (secondary N) is 1. The van der Waals surface area contributed by atoms with Gasteiger partial charge in [0.05, 0.1) is 16.4 Å². The van der Waals surface area contributed by atoms with Gasteiger partial charge in [-0.3, -0.25) is 4.90 Å². The first-order valence-electron chi connectivity index (χ1n) is 8.94. The molecule has 3 rings (SSSR count). The second-order valence-electron chi connectivity index (χ2n) is 7.53. The first-order valence-corrected chi connectivity index (χ1v) is 9.75. The molecule has 0 aliphatic rings. The molecule has 0 amide bonds. The summed E-state index contributed by atoms with van der Waals surface area (Å²) in [6.45, 7) is 3.01. The fourth-order valence-electron chi connectivity index (χ4n) is 4.02.